The number of phenolic OH excluding ortho intramolecular Hbond substituents is 3. The Morgan fingerprint density at radius 3 is 2.25 bits per heavy atom. The van der Waals surface area contributed by atoms with Gasteiger partial charge in [-0.2, -0.15) is 0 Å². The molecule has 1 aromatic heterocycles. The number of methoxy groups -OCH3 is 2. The van der Waals surface area contributed by atoms with Gasteiger partial charge < -0.3 is 34.6 Å². The van der Waals surface area contributed by atoms with Crippen molar-refractivity contribution in [3.63, 3.8) is 0 Å². The average Bonchev–Trinajstić information content (AvgIpc) is 2.88. The summed E-state index contributed by atoms with van der Waals surface area (Å²) in [5.41, 5.74) is 1.63. The molecule has 36 heavy (non-hydrogen) atoms. The lowest BCUT2D eigenvalue weighted by Gasteiger charge is -2.19. The molecule has 0 fully saturated rings. The van der Waals surface area contributed by atoms with Crippen molar-refractivity contribution in [3.8, 4) is 56.8 Å². The van der Waals surface area contributed by atoms with Crippen LogP contribution in [-0.2, 0) is 6.61 Å². The van der Waals surface area contributed by atoms with E-state index in [2.05, 4.69) is 4.98 Å². The molecule has 184 valence electrons. The Morgan fingerprint density at radius 1 is 0.889 bits per heavy atom. The highest BCUT2D eigenvalue weighted by Crippen LogP contribution is 2.51. The summed E-state index contributed by atoms with van der Waals surface area (Å²) in [7, 11) is 2.78. The summed E-state index contributed by atoms with van der Waals surface area (Å²) in [4.78, 5) is 16.2. The second kappa shape index (κ2) is 10.1. The van der Waals surface area contributed by atoms with Crippen LogP contribution in [0.3, 0.4) is 0 Å². The van der Waals surface area contributed by atoms with Crippen molar-refractivity contribution in [1.82, 2.24) is 4.98 Å². The maximum absolute atomic E-state index is 12.1. The summed E-state index contributed by atoms with van der Waals surface area (Å²) >= 11 is 0. The molecule has 9 nitrogen and oxygen atoms in total. The van der Waals surface area contributed by atoms with Crippen molar-refractivity contribution in [2.75, 3.05) is 14.2 Å². The predicted molar refractivity (Wildman–Crippen MR) is 131 cm³/mol. The van der Waals surface area contributed by atoms with Gasteiger partial charge in [0.05, 0.1) is 25.5 Å². The minimum atomic E-state index is -1.34. The minimum Gasteiger partial charge on any atom is -0.508 e. The van der Waals surface area contributed by atoms with Crippen LogP contribution in [0.2, 0.25) is 0 Å². The van der Waals surface area contributed by atoms with Crippen LogP contribution in [0, 0.1) is 0 Å². The smallest absolute Gasteiger partial charge is 0.339 e. The highest BCUT2D eigenvalue weighted by Gasteiger charge is 2.25. The Bertz CT molecular complexity index is 1400. The number of carboxylic acids is 1. The lowest BCUT2D eigenvalue weighted by Crippen LogP contribution is -2.05. The SMILES string of the molecule is COc1cc(-c2ccc(O)cc2)c(OC)c(O)c1-c1cc(O)c(OCc2ccccn2)c(C(=O)O)c1. The highest BCUT2D eigenvalue weighted by molar-refractivity contribution is 5.96. The maximum Gasteiger partial charge on any atom is 0.339 e. The molecular weight excluding hydrogens is 466 g/mol. The van der Waals surface area contributed by atoms with Gasteiger partial charge in [-0.15, -0.1) is 0 Å². The topological polar surface area (TPSA) is 139 Å². The van der Waals surface area contributed by atoms with Gasteiger partial charge in [0.2, 0.25) is 0 Å². The number of aromatic carboxylic acids is 1. The summed E-state index contributed by atoms with van der Waals surface area (Å²) in [6, 6.07) is 15.6. The van der Waals surface area contributed by atoms with E-state index in [-0.39, 0.29) is 52.0 Å². The zero-order valence-electron chi connectivity index (χ0n) is 19.4. The maximum atomic E-state index is 12.1. The number of aromatic nitrogens is 1. The van der Waals surface area contributed by atoms with Crippen LogP contribution in [0.4, 0.5) is 0 Å². The molecule has 0 aliphatic carbocycles. The van der Waals surface area contributed by atoms with E-state index in [0.29, 0.717) is 16.8 Å². The summed E-state index contributed by atoms with van der Waals surface area (Å²) in [6.07, 6.45) is 1.57. The Labute approximate surface area is 206 Å². The largest absolute Gasteiger partial charge is 0.508 e. The van der Waals surface area contributed by atoms with E-state index in [4.69, 9.17) is 14.2 Å². The number of ether oxygens (including phenoxy) is 3. The number of rotatable bonds is 8. The van der Waals surface area contributed by atoms with Gasteiger partial charge in [-0.1, -0.05) is 18.2 Å². The zero-order chi connectivity index (χ0) is 25.8. The van der Waals surface area contributed by atoms with Crippen molar-refractivity contribution in [2.45, 2.75) is 6.61 Å². The van der Waals surface area contributed by atoms with Crippen molar-refractivity contribution < 1.29 is 39.4 Å². The number of phenols is 3. The molecule has 0 unspecified atom stereocenters. The molecule has 1 heterocycles. The zero-order valence-corrected chi connectivity index (χ0v) is 19.4. The van der Waals surface area contributed by atoms with Crippen LogP contribution < -0.4 is 14.2 Å². The molecule has 0 amide bonds. The summed E-state index contributed by atoms with van der Waals surface area (Å²) in [6.45, 7) is -0.0578. The molecule has 4 aromatic rings. The van der Waals surface area contributed by atoms with E-state index in [1.165, 1.54) is 38.5 Å². The number of pyridine rings is 1. The van der Waals surface area contributed by atoms with Crippen molar-refractivity contribution in [2.24, 2.45) is 0 Å². The van der Waals surface area contributed by atoms with E-state index >= 15 is 0 Å². The van der Waals surface area contributed by atoms with Crippen LogP contribution in [-0.4, -0.2) is 45.6 Å². The first-order chi connectivity index (χ1) is 17.3. The van der Waals surface area contributed by atoms with Gasteiger partial charge >= 0.3 is 5.97 Å². The first-order valence-corrected chi connectivity index (χ1v) is 10.7. The minimum absolute atomic E-state index is 0.0578. The molecule has 0 spiro atoms. The Balaban J connectivity index is 1.84. The lowest BCUT2D eigenvalue weighted by atomic mass is 9.95. The molecule has 9 heteroatoms. The number of hydrogen-bond acceptors (Lipinski definition) is 8. The third kappa shape index (κ3) is 4.67. The molecule has 0 aliphatic heterocycles. The van der Waals surface area contributed by atoms with Gasteiger partial charge in [0, 0.05) is 11.8 Å². The Hall–Kier alpha value is -4.92. The van der Waals surface area contributed by atoms with Gasteiger partial charge in [0.25, 0.3) is 0 Å². The van der Waals surface area contributed by atoms with Crippen molar-refractivity contribution in [3.05, 3.63) is 78.1 Å². The third-order valence-corrected chi connectivity index (χ3v) is 5.50. The van der Waals surface area contributed by atoms with E-state index in [1.54, 1.807) is 42.6 Å². The Kier molecular flexibility index (Phi) is 6.82. The van der Waals surface area contributed by atoms with E-state index in [1.807, 2.05) is 0 Å². The van der Waals surface area contributed by atoms with Crippen LogP contribution in [0.15, 0.2) is 66.9 Å². The van der Waals surface area contributed by atoms with Crippen LogP contribution in [0.1, 0.15) is 16.1 Å². The van der Waals surface area contributed by atoms with E-state index in [0.717, 1.165) is 0 Å². The molecule has 0 bridgehead atoms. The number of nitrogens with zero attached hydrogens (tertiary/aromatic N) is 1. The standard InChI is InChI=1S/C27H23NO8/c1-34-22-13-19(15-6-8-18(29)9-7-15)26(35-2)24(31)23(22)16-11-20(27(32)33)25(21(30)12-16)36-14-17-5-3-4-10-28-17/h3-13,29-31H,14H2,1-2H3,(H,32,33). The fourth-order valence-corrected chi connectivity index (χ4v) is 3.83. The van der Waals surface area contributed by atoms with Crippen LogP contribution >= 0.6 is 0 Å². The molecule has 3 aromatic carbocycles. The van der Waals surface area contributed by atoms with E-state index < -0.39 is 11.7 Å². The second-order valence-electron chi connectivity index (χ2n) is 7.72. The normalized spacial score (nSPS) is 10.6. The molecule has 0 radical (unpaired) electrons. The van der Waals surface area contributed by atoms with E-state index in [9.17, 15) is 25.2 Å². The predicted octanol–water partition coefficient (Wildman–Crippen LogP) is 4.83. The molecule has 0 saturated carbocycles. The van der Waals surface area contributed by atoms with Crippen molar-refractivity contribution in [1.29, 1.82) is 0 Å². The number of carbonyl (C=O) groups is 1. The molecule has 0 atom stereocenters. The lowest BCUT2D eigenvalue weighted by molar-refractivity contribution is 0.0690. The number of hydrogen-bond donors (Lipinski definition) is 4. The third-order valence-electron chi connectivity index (χ3n) is 5.50. The molecule has 0 saturated heterocycles. The summed E-state index contributed by atoms with van der Waals surface area (Å²) in [5.74, 6) is -1.95. The molecular formula is C27H23NO8. The summed E-state index contributed by atoms with van der Waals surface area (Å²) < 4.78 is 16.6. The molecule has 4 rings (SSSR count). The number of benzene rings is 3. The van der Waals surface area contributed by atoms with Gasteiger partial charge in [-0.05, 0) is 53.6 Å². The highest BCUT2D eigenvalue weighted by atomic mass is 16.5. The second-order valence-corrected chi connectivity index (χ2v) is 7.72. The van der Waals surface area contributed by atoms with Gasteiger partial charge in [0.15, 0.2) is 23.0 Å². The van der Waals surface area contributed by atoms with Crippen LogP contribution in [0.25, 0.3) is 22.3 Å². The summed E-state index contributed by atoms with van der Waals surface area (Å²) in [5, 5.41) is 41.3. The molecule has 4 N–H and O–H groups in total. The fourth-order valence-electron chi connectivity index (χ4n) is 3.83. The first-order valence-electron chi connectivity index (χ1n) is 10.7. The fraction of sp³-hybridized carbons (Fsp3) is 0.111. The van der Waals surface area contributed by atoms with Crippen LogP contribution in [0.5, 0.6) is 34.5 Å². The molecule has 0 aliphatic rings. The Morgan fingerprint density at radius 2 is 1.64 bits per heavy atom. The first kappa shape index (κ1) is 24.2. The average molecular weight is 489 g/mol. The number of carboxylic acid groups (broad SMARTS) is 1. The van der Waals surface area contributed by atoms with Gasteiger partial charge in [0.1, 0.15) is 23.7 Å². The quantitative estimate of drug-likeness (QED) is 0.274. The monoisotopic (exact) mass is 489 g/mol. The van der Waals surface area contributed by atoms with Gasteiger partial charge in [-0.25, -0.2) is 4.79 Å². The van der Waals surface area contributed by atoms with Gasteiger partial charge in [-0.3, -0.25) is 4.98 Å². The van der Waals surface area contributed by atoms with Crippen molar-refractivity contribution >= 4 is 5.97 Å². The number of aromatic hydroxyl groups is 3.